The number of hydrogen-bond acceptors (Lipinski definition) is 3. The van der Waals surface area contributed by atoms with Crippen molar-refractivity contribution in [2.24, 2.45) is 0 Å². The van der Waals surface area contributed by atoms with Crippen LogP contribution in [-0.2, 0) is 16.7 Å². The molecule has 1 aliphatic carbocycles. The monoisotopic (exact) mass is 249 g/mol. The van der Waals surface area contributed by atoms with Gasteiger partial charge in [-0.2, -0.15) is 0 Å². The van der Waals surface area contributed by atoms with Gasteiger partial charge < -0.3 is 4.55 Å². The smallest absolute Gasteiger partial charge is 0.735 e. The van der Waals surface area contributed by atoms with Crippen LogP contribution in [0.1, 0.15) is 30.0 Å². The largest absolute Gasteiger partial charge is 1.00 e. The topological polar surface area (TPSA) is 69.2 Å². The van der Waals surface area contributed by atoms with E-state index < -0.39 is 10.3 Å². The fourth-order valence-corrected chi connectivity index (χ4v) is 2.64. The van der Waals surface area contributed by atoms with Crippen LogP contribution in [0.15, 0.2) is 24.3 Å². The van der Waals surface area contributed by atoms with E-state index >= 15 is 0 Å². The van der Waals surface area contributed by atoms with E-state index in [9.17, 15) is 13.0 Å². The van der Waals surface area contributed by atoms with E-state index in [0.717, 1.165) is 24.0 Å². The Morgan fingerprint density at radius 3 is 2.69 bits per heavy atom. The second kappa shape index (κ2) is 5.62. The summed E-state index contributed by atoms with van der Waals surface area (Å²) in [6.45, 7) is 0. The van der Waals surface area contributed by atoms with Crippen LogP contribution in [0.3, 0.4) is 0 Å². The van der Waals surface area contributed by atoms with Crippen LogP contribution in [0.5, 0.6) is 0 Å². The van der Waals surface area contributed by atoms with E-state index in [1.807, 2.05) is 24.3 Å². The molecule has 4 nitrogen and oxygen atoms in total. The molecule has 1 unspecified atom stereocenters. The summed E-state index contributed by atoms with van der Waals surface area (Å²) in [6, 6.07) is 7.28. The maximum atomic E-state index is 10.6. The van der Waals surface area contributed by atoms with Gasteiger partial charge in [0.1, 0.15) is 0 Å². The van der Waals surface area contributed by atoms with Gasteiger partial charge in [-0.3, -0.25) is 0 Å². The van der Waals surface area contributed by atoms with Gasteiger partial charge in [-0.05, 0) is 30.4 Å². The summed E-state index contributed by atoms with van der Waals surface area (Å²) in [7, 11) is -4.37. The van der Waals surface area contributed by atoms with E-state index in [0.29, 0.717) is 6.42 Å². The average molecular weight is 249 g/mol. The predicted octanol–water partition coefficient (Wildman–Crippen LogP) is -1.88. The van der Waals surface area contributed by atoms with Crippen LogP contribution >= 0.6 is 0 Å². The van der Waals surface area contributed by atoms with Crippen molar-refractivity contribution in [2.75, 3.05) is 0 Å². The molecule has 1 N–H and O–H groups in total. The third-order valence-corrected chi connectivity index (χ3v) is 3.23. The van der Waals surface area contributed by atoms with Crippen LogP contribution in [0.2, 0.25) is 0 Å². The average Bonchev–Trinajstić information content (AvgIpc) is 2.16. The van der Waals surface area contributed by atoms with Crippen molar-refractivity contribution >= 4 is 10.3 Å². The van der Waals surface area contributed by atoms with Gasteiger partial charge in [-0.15, -0.1) is 0 Å². The zero-order valence-electron chi connectivity index (χ0n) is 9.14. The first kappa shape index (κ1) is 14.2. The van der Waals surface area contributed by atoms with Gasteiger partial charge in [-0.25, -0.2) is 13.1 Å². The normalized spacial score (nSPS) is 19.7. The van der Waals surface area contributed by atoms with Crippen molar-refractivity contribution in [3.63, 3.8) is 0 Å². The van der Waals surface area contributed by atoms with Crippen LogP contribution in [-0.4, -0.2) is 13.0 Å². The molecule has 0 aromatic heterocycles. The molecular formula is C10H12NNaO3S. The van der Waals surface area contributed by atoms with Crippen LogP contribution in [0.25, 0.3) is 0 Å². The molecule has 82 valence electrons. The molecule has 1 aromatic rings. The standard InChI is InChI=1S/C10H13NO3S.Na/c12-15(13,14)11-10-7-3-5-8-4-1-2-6-9(8)10;/h1-2,4,6,10-11H,3,5,7H2,(H,12,13,14);/q;+1/p-1. The summed E-state index contributed by atoms with van der Waals surface area (Å²) >= 11 is 0. The molecule has 6 heteroatoms. The van der Waals surface area contributed by atoms with Gasteiger partial charge >= 0.3 is 29.6 Å². The molecule has 0 aliphatic heterocycles. The molecule has 0 heterocycles. The van der Waals surface area contributed by atoms with Crippen LogP contribution in [0.4, 0.5) is 0 Å². The Labute approximate surface area is 118 Å². The van der Waals surface area contributed by atoms with Crippen LogP contribution in [0, 0.1) is 0 Å². The summed E-state index contributed by atoms with van der Waals surface area (Å²) in [5.74, 6) is 0. The van der Waals surface area contributed by atoms with Gasteiger partial charge in [0, 0.05) is 6.04 Å². The minimum atomic E-state index is -4.37. The quantitative estimate of drug-likeness (QED) is 0.492. The molecule has 0 saturated heterocycles. The van der Waals surface area contributed by atoms with Crippen molar-refractivity contribution in [1.82, 2.24) is 4.72 Å². The molecule has 0 spiro atoms. The van der Waals surface area contributed by atoms with Crippen molar-refractivity contribution in [2.45, 2.75) is 25.3 Å². The molecule has 0 fully saturated rings. The number of rotatable bonds is 2. The first-order valence-electron chi connectivity index (χ1n) is 4.87. The van der Waals surface area contributed by atoms with Crippen molar-refractivity contribution in [1.29, 1.82) is 0 Å². The van der Waals surface area contributed by atoms with Gasteiger partial charge in [0.25, 0.3) is 0 Å². The van der Waals surface area contributed by atoms with E-state index in [1.54, 1.807) is 0 Å². The zero-order valence-corrected chi connectivity index (χ0v) is 12.0. The van der Waals surface area contributed by atoms with Gasteiger partial charge in [0.15, 0.2) is 10.3 Å². The third kappa shape index (κ3) is 3.55. The SMILES string of the molecule is O=S(=O)([O-])NC1CCCc2ccccc21.[Na+]. The minimum Gasteiger partial charge on any atom is -0.735 e. The molecule has 1 aromatic carbocycles. The summed E-state index contributed by atoms with van der Waals surface area (Å²) in [6.07, 6.45) is 2.55. The molecule has 1 atom stereocenters. The summed E-state index contributed by atoms with van der Waals surface area (Å²) in [5, 5.41) is 0. The maximum absolute atomic E-state index is 10.6. The predicted molar refractivity (Wildman–Crippen MR) is 55.0 cm³/mol. The second-order valence-corrected chi connectivity index (χ2v) is 4.86. The number of fused-ring (bicyclic) bond motifs is 1. The summed E-state index contributed by atoms with van der Waals surface area (Å²) in [4.78, 5) is 0. The van der Waals surface area contributed by atoms with Gasteiger partial charge in [0.05, 0.1) is 0 Å². The Morgan fingerprint density at radius 1 is 1.31 bits per heavy atom. The number of hydrogen-bond donors (Lipinski definition) is 1. The maximum Gasteiger partial charge on any atom is 1.00 e. The van der Waals surface area contributed by atoms with Crippen molar-refractivity contribution in [3.05, 3.63) is 35.4 Å². The van der Waals surface area contributed by atoms with Crippen molar-refractivity contribution in [3.8, 4) is 0 Å². The van der Waals surface area contributed by atoms with E-state index in [4.69, 9.17) is 0 Å². The molecule has 2 rings (SSSR count). The first-order chi connectivity index (χ1) is 7.06. The first-order valence-corrected chi connectivity index (χ1v) is 6.28. The van der Waals surface area contributed by atoms with E-state index in [2.05, 4.69) is 4.72 Å². The van der Waals surface area contributed by atoms with E-state index in [1.165, 1.54) is 0 Å². The number of aryl methyl sites for hydroxylation is 1. The van der Waals surface area contributed by atoms with Gasteiger partial charge in [0.2, 0.25) is 0 Å². The second-order valence-electron chi connectivity index (χ2n) is 3.72. The number of benzene rings is 1. The molecule has 16 heavy (non-hydrogen) atoms. The molecule has 0 radical (unpaired) electrons. The fraction of sp³-hybridized carbons (Fsp3) is 0.400. The Morgan fingerprint density at radius 2 is 2.00 bits per heavy atom. The number of nitrogens with one attached hydrogen (secondary N) is 1. The van der Waals surface area contributed by atoms with Crippen molar-refractivity contribution < 1.29 is 42.5 Å². The minimum absolute atomic E-state index is 0. The molecule has 0 bridgehead atoms. The van der Waals surface area contributed by atoms with Gasteiger partial charge in [-0.1, -0.05) is 24.3 Å². The molecule has 0 saturated carbocycles. The Hall–Kier alpha value is 0.0900. The van der Waals surface area contributed by atoms with E-state index in [-0.39, 0.29) is 35.6 Å². The molecule has 0 amide bonds. The Bertz CT molecular complexity index is 461. The fourth-order valence-electron chi connectivity index (χ4n) is 2.05. The molecular weight excluding hydrogens is 237 g/mol. The summed E-state index contributed by atoms with van der Waals surface area (Å²) < 4.78 is 34.1. The molecule has 1 aliphatic rings. The Balaban J connectivity index is 0.00000128. The zero-order chi connectivity index (χ0) is 10.9. The van der Waals surface area contributed by atoms with Crippen LogP contribution < -0.4 is 34.3 Å². The third-order valence-electron chi connectivity index (χ3n) is 2.66. The summed E-state index contributed by atoms with van der Waals surface area (Å²) in [5.41, 5.74) is 2.06. The Kier molecular flexibility index (Phi) is 4.97.